The van der Waals surface area contributed by atoms with Gasteiger partial charge in [-0.15, -0.1) is 11.3 Å². The average molecular weight is 779 g/mol. The molecule has 0 N–H and O–H groups in total. The average Bonchev–Trinajstić information content (AvgIpc) is 4.00. The van der Waals surface area contributed by atoms with Gasteiger partial charge in [-0.2, -0.15) is 0 Å². The number of benzene rings is 7. The van der Waals surface area contributed by atoms with Gasteiger partial charge in [0.1, 0.15) is 16.7 Å². The first-order chi connectivity index (χ1) is 28.7. The zero-order valence-electron chi connectivity index (χ0n) is 33.7. The van der Waals surface area contributed by atoms with E-state index in [1.54, 1.807) is 0 Å². The van der Waals surface area contributed by atoms with Crippen LogP contribution in [-0.2, 0) is 10.8 Å². The quantitative estimate of drug-likeness (QED) is 0.156. The Kier molecular flexibility index (Phi) is 5.92. The summed E-state index contributed by atoms with van der Waals surface area (Å²) in [5.74, 6) is 0. The first-order valence-corrected chi connectivity index (χ1v) is 21.8. The molecule has 11 aromatic rings. The van der Waals surface area contributed by atoms with Crippen LogP contribution in [0.4, 0.5) is 17.1 Å². The smallest absolute Gasteiger partial charge is 0.334 e. The predicted molar refractivity (Wildman–Crippen MR) is 250 cm³/mol. The molecule has 4 aromatic heterocycles. The number of fused-ring (bicyclic) bond motifs is 18. The highest BCUT2D eigenvalue weighted by Gasteiger charge is 2.47. The van der Waals surface area contributed by atoms with Crippen LogP contribution in [0, 0.1) is 6.92 Å². The number of aryl methyl sites for hydroxylation is 1. The van der Waals surface area contributed by atoms with Crippen molar-refractivity contribution in [1.29, 1.82) is 0 Å². The van der Waals surface area contributed by atoms with Crippen molar-refractivity contribution < 1.29 is 8.83 Å². The molecule has 0 atom stereocenters. The Morgan fingerprint density at radius 3 is 2.05 bits per heavy atom. The first-order valence-electron chi connectivity index (χ1n) is 21.0. The van der Waals surface area contributed by atoms with E-state index in [9.17, 15) is 0 Å². The summed E-state index contributed by atoms with van der Waals surface area (Å²) in [7, 11) is 0. The van der Waals surface area contributed by atoms with E-state index in [-0.39, 0.29) is 17.7 Å². The van der Waals surface area contributed by atoms with Gasteiger partial charge >= 0.3 is 6.85 Å². The van der Waals surface area contributed by atoms with E-state index >= 15 is 0 Å². The van der Waals surface area contributed by atoms with E-state index in [4.69, 9.17) is 8.83 Å². The molecular formula is C53H39BN2O2S. The molecule has 7 aromatic carbocycles. The Morgan fingerprint density at radius 1 is 0.610 bits per heavy atom. The second kappa shape index (κ2) is 10.7. The molecule has 4 nitrogen and oxygen atoms in total. The summed E-state index contributed by atoms with van der Waals surface area (Å²) >= 11 is 1.91. The standard InChI is InChI=1S/C53H39BN2O2S/c1-28-25-36-37(53(4,5)24-23-52(36,2)3)27-39(28)55-40-26-35-30-14-7-10-19-42(30)57-49(35)45-34-17-12-16-33-44-32-15-8-11-20-43(32)59-51(44)56(47(33)34)54(46(40)45)38-22-21-31-29-13-6-9-18-41(29)58-50(31)48(38)55/h6-22,25-27H,23-24H2,1-5H3. The summed E-state index contributed by atoms with van der Waals surface area (Å²) in [5, 5.41) is 8.49. The van der Waals surface area contributed by atoms with Crippen molar-refractivity contribution in [2.24, 2.45) is 0 Å². The van der Waals surface area contributed by atoms with Gasteiger partial charge in [-0.05, 0) is 88.5 Å². The lowest BCUT2D eigenvalue weighted by molar-refractivity contribution is 0.332. The third-order valence-corrected chi connectivity index (χ3v) is 15.7. The molecule has 0 saturated heterocycles. The lowest BCUT2D eigenvalue weighted by Gasteiger charge is -2.44. The molecular weight excluding hydrogens is 739 g/mol. The highest BCUT2D eigenvalue weighted by molar-refractivity contribution is 7.26. The van der Waals surface area contributed by atoms with Crippen molar-refractivity contribution in [2.75, 3.05) is 4.90 Å². The Labute approximate surface area is 345 Å². The topological polar surface area (TPSA) is 34.5 Å². The van der Waals surface area contributed by atoms with Crippen molar-refractivity contribution in [3.8, 4) is 11.1 Å². The van der Waals surface area contributed by atoms with Crippen LogP contribution in [0.25, 0.3) is 86.2 Å². The maximum absolute atomic E-state index is 7.12. The summed E-state index contributed by atoms with van der Waals surface area (Å²) < 4.78 is 18.2. The molecule has 0 fully saturated rings. The molecule has 0 saturated carbocycles. The number of thiophene rings is 1. The number of para-hydroxylation sites is 3. The SMILES string of the molecule is Cc1cc2c(cc1N1c3cc4c(oc5ccccc54)c4c3B(c3ccc5c(oc6ccccc65)c31)n1c3sc5ccccc5c3c3cccc-4c31)C(C)(C)CCC2(C)C. The largest absolute Gasteiger partial charge is 0.455 e. The molecule has 1 aliphatic carbocycles. The van der Waals surface area contributed by atoms with Gasteiger partial charge in [-0.25, -0.2) is 0 Å². The lowest BCUT2D eigenvalue weighted by atomic mass is 9.45. The van der Waals surface area contributed by atoms with E-state index in [2.05, 4.69) is 165 Å². The molecule has 0 unspecified atom stereocenters. The van der Waals surface area contributed by atoms with Crippen LogP contribution in [0.15, 0.2) is 130 Å². The van der Waals surface area contributed by atoms with Gasteiger partial charge in [0.25, 0.3) is 0 Å². The maximum atomic E-state index is 7.12. The normalized spacial score (nSPS) is 16.3. The number of anilines is 3. The molecule has 0 amide bonds. The van der Waals surface area contributed by atoms with E-state index in [0.717, 1.165) is 56.0 Å². The van der Waals surface area contributed by atoms with E-state index in [1.807, 2.05) is 11.3 Å². The molecule has 6 heteroatoms. The number of aromatic nitrogens is 1. The molecule has 6 heterocycles. The fraction of sp³-hybridized carbons (Fsp3) is 0.170. The first kappa shape index (κ1) is 32.7. The molecule has 59 heavy (non-hydrogen) atoms. The Hall–Kier alpha value is -6.24. The fourth-order valence-corrected chi connectivity index (χ4v) is 12.8. The van der Waals surface area contributed by atoms with Gasteiger partial charge in [0.15, 0.2) is 5.58 Å². The van der Waals surface area contributed by atoms with Gasteiger partial charge in [0, 0.05) is 70.4 Å². The van der Waals surface area contributed by atoms with Crippen LogP contribution in [0.5, 0.6) is 0 Å². The van der Waals surface area contributed by atoms with Crippen LogP contribution in [-0.4, -0.2) is 11.3 Å². The summed E-state index contributed by atoms with van der Waals surface area (Å²) in [6.45, 7) is 11.9. The van der Waals surface area contributed by atoms with Gasteiger partial charge < -0.3 is 18.2 Å². The van der Waals surface area contributed by atoms with Crippen molar-refractivity contribution in [3.63, 3.8) is 0 Å². The monoisotopic (exact) mass is 778 g/mol. The second-order valence-electron chi connectivity index (χ2n) is 18.7. The summed E-state index contributed by atoms with van der Waals surface area (Å²) in [4.78, 5) is 3.90. The number of rotatable bonds is 1. The predicted octanol–water partition coefficient (Wildman–Crippen LogP) is 13.9. The van der Waals surface area contributed by atoms with Crippen LogP contribution in [0.1, 0.15) is 57.2 Å². The third kappa shape index (κ3) is 3.92. The van der Waals surface area contributed by atoms with Gasteiger partial charge in [0.05, 0.1) is 10.5 Å². The van der Waals surface area contributed by atoms with E-state index < -0.39 is 0 Å². The van der Waals surface area contributed by atoms with Crippen LogP contribution in [0.3, 0.4) is 0 Å². The fourth-order valence-electron chi connectivity index (χ4n) is 11.6. The molecule has 0 spiro atoms. The second-order valence-corrected chi connectivity index (χ2v) is 19.7. The molecule has 0 radical (unpaired) electrons. The third-order valence-electron chi connectivity index (χ3n) is 14.6. The zero-order valence-corrected chi connectivity index (χ0v) is 34.5. The minimum atomic E-state index is -0.127. The van der Waals surface area contributed by atoms with Crippen molar-refractivity contribution in [3.05, 3.63) is 138 Å². The number of nitrogens with zero attached hydrogens (tertiary/aromatic N) is 2. The Bertz CT molecular complexity index is 3720. The minimum absolute atomic E-state index is 0.0342. The van der Waals surface area contributed by atoms with E-state index in [1.165, 1.54) is 87.7 Å². The Balaban J connectivity index is 1.22. The highest BCUT2D eigenvalue weighted by atomic mass is 32.1. The number of hydrogen-bond acceptors (Lipinski definition) is 4. The maximum Gasteiger partial charge on any atom is 0.334 e. The molecule has 0 bridgehead atoms. The van der Waals surface area contributed by atoms with Crippen LogP contribution < -0.4 is 15.8 Å². The van der Waals surface area contributed by atoms with Crippen molar-refractivity contribution >= 4 is 121 Å². The highest BCUT2D eigenvalue weighted by Crippen LogP contribution is 2.55. The van der Waals surface area contributed by atoms with Crippen molar-refractivity contribution in [1.82, 2.24) is 4.48 Å². The lowest BCUT2D eigenvalue weighted by Crippen LogP contribution is -2.56. The van der Waals surface area contributed by atoms with E-state index in [0.29, 0.717) is 0 Å². The number of furan rings is 2. The van der Waals surface area contributed by atoms with Crippen LogP contribution in [0.2, 0.25) is 0 Å². The minimum Gasteiger partial charge on any atom is -0.455 e. The molecule has 14 rings (SSSR count). The summed E-state index contributed by atoms with van der Waals surface area (Å²) in [6.07, 6.45) is 2.32. The van der Waals surface area contributed by atoms with Crippen molar-refractivity contribution in [2.45, 2.75) is 58.3 Å². The van der Waals surface area contributed by atoms with Gasteiger partial charge in [0.2, 0.25) is 0 Å². The van der Waals surface area contributed by atoms with Gasteiger partial charge in [-0.1, -0.05) is 119 Å². The molecule has 2 aliphatic heterocycles. The molecule has 3 aliphatic rings. The summed E-state index contributed by atoms with van der Waals surface area (Å²) in [6, 6.07) is 45.2. The Morgan fingerprint density at radius 2 is 1.27 bits per heavy atom. The van der Waals surface area contributed by atoms with Gasteiger partial charge in [-0.3, -0.25) is 0 Å². The zero-order chi connectivity index (χ0) is 39.3. The van der Waals surface area contributed by atoms with Crippen LogP contribution >= 0.6 is 11.3 Å². The summed E-state index contributed by atoms with van der Waals surface area (Å²) in [5.41, 5.74) is 17.8. The molecule has 282 valence electrons. The number of hydrogen-bond donors (Lipinski definition) is 0.